The molecule has 0 saturated heterocycles. The molecule has 18 heavy (non-hydrogen) atoms. The second-order valence-electron chi connectivity index (χ2n) is 4.98. The van der Waals surface area contributed by atoms with Crippen LogP contribution >= 0.6 is 0 Å². The van der Waals surface area contributed by atoms with E-state index in [4.69, 9.17) is 4.42 Å². The van der Waals surface area contributed by atoms with Gasteiger partial charge in [-0.3, -0.25) is 4.79 Å². The van der Waals surface area contributed by atoms with Gasteiger partial charge in [-0.2, -0.15) is 0 Å². The summed E-state index contributed by atoms with van der Waals surface area (Å²) in [5, 5.41) is 0. The molecule has 2 atom stereocenters. The van der Waals surface area contributed by atoms with Crippen molar-refractivity contribution < 1.29 is 9.21 Å². The number of allylic oxidation sites excluding steroid dienone is 6. The lowest BCUT2D eigenvalue weighted by Gasteiger charge is -2.14. The lowest BCUT2D eigenvalue weighted by atomic mass is 9.90. The van der Waals surface area contributed by atoms with Crippen molar-refractivity contribution in [2.75, 3.05) is 0 Å². The van der Waals surface area contributed by atoms with E-state index in [1.807, 2.05) is 12.1 Å². The van der Waals surface area contributed by atoms with Crippen LogP contribution in [0.2, 0.25) is 0 Å². The summed E-state index contributed by atoms with van der Waals surface area (Å²) in [4.78, 5) is 11.8. The van der Waals surface area contributed by atoms with Crippen molar-refractivity contribution in [1.29, 1.82) is 0 Å². The molecule has 2 aliphatic rings. The number of carbonyl (C=O) groups excluding carboxylic acids is 1. The molecule has 0 N–H and O–H groups in total. The maximum Gasteiger partial charge on any atom is 0.137 e. The van der Waals surface area contributed by atoms with E-state index in [0.29, 0.717) is 0 Å². The van der Waals surface area contributed by atoms with Gasteiger partial charge in [0.1, 0.15) is 11.5 Å². The van der Waals surface area contributed by atoms with E-state index in [0.717, 1.165) is 18.6 Å². The van der Waals surface area contributed by atoms with Crippen molar-refractivity contribution in [3.63, 3.8) is 0 Å². The molecule has 1 aromatic rings. The van der Waals surface area contributed by atoms with Gasteiger partial charge < -0.3 is 4.42 Å². The first kappa shape index (κ1) is 11.3. The number of hydrogen-bond acceptors (Lipinski definition) is 2. The molecular weight excluding hydrogens is 224 g/mol. The van der Waals surface area contributed by atoms with Gasteiger partial charge in [-0.25, -0.2) is 0 Å². The number of carbonyl (C=O) groups is 1. The molecule has 0 saturated carbocycles. The van der Waals surface area contributed by atoms with Crippen molar-refractivity contribution >= 4 is 5.78 Å². The van der Waals surface area contributed by atoms with Crippen molar-refractivity contribution in [3.05, 3.63) is 59.6 Å². The van der Waals surface area contributed by atoms with Crippen LogP contribution in [0.1, 0.15) is 31.4 Å². The Morgan fingerprint density at radius 2 is 2.28 bits per heavy atom. The molecule has 1 aromatic heterocycles. The predicted octanol–water partition coefficient (Wildman–Crippen LogP) is 3.78. The summed E-state index contributed by atoms with van der Waals surface area (Å²) in [5.41, 5.74) is 2.65. The average molecular weight is 240 g/mol. The van der Waals surface area contributed by atoms with Gasteiger partial charge in [0.2, 0.25) is 0 Å². The Morgan fingerprint density at radius 1 is 1.39 bits per heavy atom. The Morgan fingerprint density at radius 3 is 2.89 bits per heavy atom. The van der Waals surface area contributed by atoms with E-state index in [-0.39, 0.29) is 17.6 Å². The number of Topliss-reactive ketones (excluding diaryl/α,β-unsaturated/α-hetero) is 1. The second kappa shape index (κ2) is 4.45. The number of furan rings is 1. The lowest BCUT2D eigenvalue weighted by Crippen LogP contribution is -2.13. The molecule has 2 nitrogen and oxygen atoms in total. The van der Waals surface area contributed by atoms with Crippen LogP contribution in [0.25, 0.3) is 0 Å². The van der Waals surface area contributed by atoms with Crippen molar-refractivity contribution in [2.45, 2.75) is 25.7 Å². The summed E-state index contributed by atoms with van der Waals surface area (Å²) in [5.74, 6) is 1.28. The van der Waals surface area contributed by atoms with Crippen LogP contribution in [0.3, 0.4) is 0 Å². The molecule has 0 aliphatic heterocycles. The predicted molar refractivity (Wildman–Crippen MR) is 70.2 cm³/mol. The smallest absolute Gasteiger partial charge is 0.137 e. The fraction of sp³-hybridized carbons (Fsp3) is 0.312. The van der Waals surface area contributed by atoms with Gasteiger partial charge in [-0.05, 0) is 43.0 Å². The van der Waals surface area contributed by atoms with E-state index >= 15 is 0 Å². The Hall–Kier alpha value is -1.83. The third-order valence-corrected chi connectivity index (χ3v) is 3.82. The molecule has 0 fully saturated rings. The highest BCUT2D eigenvalue weighted by atomic mass is 16.3. The van der Waals surface area contributed by atoms with Crippen LogP contribution in [-0.4, -0.2) is 5.78 Å². The summed E-state index contributed by atoms with van der Waals surface area (Å²) >= 11 is 0. The molecule has 0 radical (unpaired) electrons. The van der Waals surface area contributed by atoms with E-state index in [1.54, 1.807) is 13.2 Å². The van der Waals surface area contributed by atoms with E-state index < -0.39 is 0 Å². The Balaban J connectivity index is 1.88. The fourth-order valence-corrected chi connectivity index (χ4v) is 2.87. The largest absolute Gasteiger partial charge is 0.469 e. The quantitative estimate of drug-likeness (QED) is 0.804. The standard InChI is InChI=1S/C16H16O2/c1-11(17)14-9-13(12-5-2-3-6-12)10-15(14)16-7-4-8-18-16/h2-5,7-9,14-15H,6,10H2,1H3. The highest BCUT2D eigenvalue weighted by Crippen LogP contribution is 2.43. The van der Waals surface area contributed by atoms with Gasteiger partial charge in [0.05, 0.1) is 6.26 Å². The van der Waals surface area contributed by atoms with E-state index in [1.165, 1.54) is 11.1 Å². The summed E-state index contributed by atoms with van der Waals surface area (Å²) < 4.78 is 5.49. The normalized spacial score (nSPS) is 26.3. The maximum absolute atomic E-state index is 11.8. The van der Waals surface area contributed by atoms with Crippen LogP contribution < -0.4 is 0 Å². The minimum absolute atomic E-state index is 0.0346. The minimum atomic E-state index is -0.0346. The van der Waals surface area contributed by atoms with Crippen LogP contribution in [0, 0.1) is 5.92 Å². The molecule has 0 amide bonds. The zero-order valence-electron chi connectivity index (χ0n) is 10.4. The molecular formula is C16H16O2. The molecule has 0 bridgehead atoms. The van der Waals surface area contributed by atoms with Gasteiger partial charge in [0.15, 0.2) is 0 Å². The molecule has 92 valence electrons. The van der Waals surface area contributed by atoms with Crippen LogP contribution in [0.15, 0.2) is 58.3 Å². The van der Waals surface area contributed by atoms with Crippen molar-refractivity contribution in [1.82, 2.24) is 0 Å². The zero-order valence-corrected chi connectivity index (χ0v) is 10.4. The van der Waals surface area contributed by atoms with Crippen molar-refractivity contribution in [2.24, 2.45) is 5.92 Å². The highest BCUT2D eigenvalue weighted by molar-refractivity contribution is 5.82. The van der Waals surface area contributed by atoms with Gasteiger partial charge in [-0.1, -0.05) is 24.3 Å². The third kappa shape index (κ3) is 1.88. The third-order valence-electron chi connectivity index (χ3n) is 3.82. The lowest BCUT2D eigenvalue weighted by molar-refractivity contribution is -0.119. The Kier molecular flexibility index (Phi) is 2.78. The monoisotopic (exact) mass is 240 g/mol. The number of ketones is 1. The van der Waals surface area contributed by atoms with Crippen LogP contribution in [-0.2, 0) is 4.79 Å². The van der Waals surface area contributed by atoms with Gasteiger partial charge >= 0.3 is 0 Å². The van der Waals surface area contributed by atoms with E-state index in [2.05, 4.69) is 24.3 Å². The minimum Gasteiger partial charge on any atom is -0.469 e. The summed E-state index contributed by atoms with van der Waals surface area (Å²) in [6, 6.07) is 3.86. The Bertz CT molecular complexity index is 544. The first-order chi connectivity index (χ1) is 8.75. The first-order valence-electron chi connectivity index (χ1n) is 6.36. The Labute approximate surface area is 107 Å². The number of hydrogen-bond donors (Lipinski definition) is 0. The van der Waals surface area contributed by atoms with E-state index in [9.17, 15) is 4.79 Å². The van der Waals surface area contributed by atoms with Crippen LogP contribution in [0.5, 0.6) is 0 Å². The van der Waals surface area contributed by atoms with Crippen LogP contribution in [0.4, 0.5) is 0 Å². The highest BCUT2D eigenvalue weighted by Gasteiger charge is 2.34. The fourth-order valence-electron chi connectivity index (χ4n) is 2.87. The van der Waals surface area contributed by atoms with Gasteiger partial charge in [0, 0.05) is 11.8 Å². The molecule has 0 spiro atoms. The molecule has 3 rings (SSSR count). The van der Waals surface area contributed by atoms with Gasteiger partial charge in [-0.15, -0.1) is 0 Å². The summed E-state index contributed by atoms with van der Waals surface area (Å²) in [6.07, 6.45) is 12.1. The summed E-state index contributed by atoms with van der Waals surface area (Å²) in [7, 11) is 0. The second-order valence-corrected chi connectivity index (χ2v) is 4.98. The maximum atomic E-state index is 11.8. The average Bonchev–Trinajstić information content (AvgIpc) is 3.10. The molecule has 2 aliphatic carbocycles. The topological polar surface area (TPSA) is 30.2 Å². The molecule has 1 heterocycles. The van der Waals surface area contributed by atoms with Crippen molar-refractivity contribution in [3.8, 4) is 0 Å². The zero-order chi connectivity index (χ0) is 12.5. The summed E-state index contributed by atoms with van der Waals surface area (Å²) in [6.45, 7) is 1.67. The molecule has 2 heteroatoms. The number of rotatable bonds is 3. The van der Waals surface area contributed by atoms with Gasteiger partial charge in [0.25, 0.3) is 0 Å². The molecule has 0 aromatic carbocycles. The SMILES string of the molecule is CC(=O)C1C=C(C2=CC=CC2)CC1c1ccco1. The first-order valence-corrected chi connectivity index (χ1v) is 6.36. The molecule has 2 unspecified atom stereocenters.